The highest BCUT2D eigenvalue weighted by molar-refractivity contribution is 6.31. The van der Waals surface area contributed by atoms with E-state index < -0.39 is 16.6 Å². The number of nitrogens with one attached hydrogen (secondary N) is 1. The molecule has 0 bridgehead atoms. The lowest BCUT2D eigenvalue weighted by Gasteiger charge is -2.19. The topological polar surface area (TPSA) is 90.7 Å². The van der Waals surface area contributed by atoms with Gasteiger partial charge in [-0.25, -0.2) is 4.39 Å². The zero-order chi connectivity index (χ0) is 18.7. The van der Waals surface area contributed by atoms with Gasteiger partial charge in [-0.1, -0.05) is 17.7 Å². The van der Waals surface area contributed by atoms with Crippen LogP contribution >= 0.6 is 11.6 Å². The number of hydrogen-bond donors (Lipinski definition) is 1. The van der Waals surface area contributed by atoms with Crippen molar-refractivity contribution in [3.05, 3.63) is 68.5 Å². The van der Waals surface area contributed by atoms with E-state index in [0.717, 1.165) is 6.08 Å². The molecule has 0 aliphatic carbocycles. The summed E-state index contributed by atoms with van der Waals surface area (Å²) >= 11 is 5.66. The second kappa shape index (κ2) is 7.51. The molecule has 0 saturated carbocycles. The summed E-state index contributed by atoms with van der Waals surface area (Å²) < 4.78 is 24.3. The van der Waals surface area contributed by atoms with Gasteiger partial charge in [-0.3, -0.25) is 14.9 Å². The third-order valence-electron chi connectivity index (χ3n) is 3.56. The fraction of sp³-hybridized carbons (Fsp3) is 0.118. The molecule has 2 aromatic carbocycles. The van der Waals surface area contributed by atoms with Crippen LogP contribution in [-0.4, -0.2) is 17.6 Å². The van der Waals surface area contributed by atoms with Crippen molar-refractivity contribution in [2.75, 3.05) is 12.1 Å². The molecule has 9 heteroatoms. The Kier molecular flexibility index (Phi) is 5.15. The SMILES string of the molecule is O=C(/C=C/c1cc([N+](=O)[O-])cc2c1OCOC2)Nc1cccc(Cl)c1F. The summed E-state index contributed by atoms with van der Waals surface area (Å²) in [4.78, 5) is 22.5. The maximum atomic E-state index is 13.8. The van der Waals surface area contributed by atoms with E-state index in [4.69, 9.17) is 21.1 Å². The fourth-order valence-corrected chi connectivity index (χ4v) is 2.58. The maximum absolute atomic E-state index is 13.8. The second-order valence-corrected chi connectivity index (χ2v) is 5.72. The Morgan fingerprint density at radius 3 is 2.96 bits per heavy atom. The molecule has 0 radical (unpaired) electrons. The number of hydrogen-bond acceptors (Lipinski definition) is 5. The molecule has 1 N–H and O–H groups in total. The standard InChI is InChI=1S/C17H12ClFN2O5/c18-13-2-1-3-14(16(13)19)20-15(22)5-4-10-6-12(21(23)24)7-11-8-25-9-26-17(10)11/h1-7H,8-9H2,(H,20,22)/b5-4+. The molecule has 3 rings (SSSR count). The number of anilines is 1. The number of benzene rings is 2. The number of carbonyl (C=O) groups is 1. The average molecular weight is 379 g/mol. The molecule has 1 heterocycles. The molecule has 1 aliphatic heterocycles. The summed E-state index contributed by atoms with van der Waals surface area (Å²) in [5, 5.41) is 13.3. The Bertz CT molecular complexity index is 916. The molecule has 0 unspecified atom stereocenters. The molecule has 26 heavy (non-hydrogen) atoms. The number of rotatable bonds is 4. The van der Waals surface area contributed by atoms with E-state index in [1.165, 1.54) is 36.4 Å². The minimum atomic E-state index is -0.746. The fourth-order valence-electron chi connectivity index (χ4n) is 2.40. The summed E-state index contributed by atoms with van der Waals surface area (Å²) in [5.74, 6) is -0.970. The number of ether oxygens (including phenoxy) is 2. The van der Waals surface area contributed by atoms with Crippen molar-refractivity contribution < 1.29 is 23.6 Å². The Balaban J connectivity index is 1.85. The highest BCUT2D eigenvalue weighted by Gasteiger charge is 2.20. The van der Waals surface area contributed by atoms with Gasteiger partial charge in [0.05, 0.1) is 22.2 Å². The van der Waals surface area contributed by atoms with Gasteiger partial charge in [-0.05, 0) is 18.2 Å². The molecule has 0 fully saturated rings. The van der Waals surface area contributed by atoms with Gasteiger partial charge in [0.1, 0.15) is 5.75 Å². The first-order valence-electron chi connectivity index (χ1n) is 7.40. The molecule has 0 spiro atoms. The van der Waals surface area contributed by atoms with Gasteiger partial charge in [0.25, 0.3) is 5.69 Å². The largest absolute Gasteiger partial charge is 0.467 e. The van der Waals surface area contributed by atoms with Crippen molar-refractivity contribution in [3.63, 3.8) is 0 Å². The summed E-state index contributed by atoms with van der Waals surface area (Å²) in [6.07, 6.45) is 2.48. The van der Waals surface area contributed by atoms with Gasteiger partial charge in [-0.15, -0.1) is 0 Å². The number of halogens is 2. The van der Waals surface area contributed by atoms with Crippen LogP contribution < -0.4 is 10.1 Å². The van der Waals surface area contributed by atoms with Gasteiger partial charge >= 0.3 is 0 Å². The first-order valence-corrected chi connectivity index (χ1v) is 7.78. The monoisotopic (exact) mass is 378 g/mol. The number of amides is 1. The van der Waals surface area contributed by atoms with Crippen LogP contribution in [0, 0.1) is 15.9 Å². The number of carbonyl (C=O) groups excluding carboxylic acids is 1. The molecular weight excluding hydrogens is 367 g/mol. The summed E-state index contributed by atoms with van der Waals surface area (Å²) in [5.41, 5.74) is 0.627. The van der Waals surface area contributed by atoms with E-state index >= 15 is 0 Å². The van der Waals surface area contributed by atoms with E-state index in [9.17, 15) is 19.3 Å². The normalized spacial score (nSPS) is 13.2. The van der Waals surface area contributed by atoms with Crippen molar-refractivity contribution in [1.29, 1.82) is 0 Å². The first-order chi connectivity index (χ1) is 12.5. The lowest BCUT2D eigenvalue weighted by molar-refractivity contribution is -0.385. The second-order valence-electron chi connectivity index (χ2n) is 5.31. The van der Waals surface area contributed by atoms with Crippen molar-refractivity contribution in [3.8, 4) is 5.75 Å². The van der Waals surface area contributed by atoms with Crippen LogP contribution in [-0.2, 0) is 16.1 Å². The molecule has 134 valence electrons. The first kappa shape index (κ1) is 17.8. The molecule has 1 aliphatic rings. The number of nitro groups is 1. The third kappa shape index (κ3) is 3.81. The van der Waals surface area contributed by atoms with Gasteiger partial charge in [0, 0.05) is 29.3 Å². The zero-order valence-electron chi connectivity index (χ0n) is 13.2. The lowest BCUT2D eigenvalue weighted by atomic mass is 10.1. The summed E-state index contributed by atoms with van der Waals surface area (Å²) in [6.45, 7) is 0.170. The van der Waals surface area contributed by atoms with E-state index in [-0.39, 0.29) is 29.8 Å². The summed E-state index contributed by atoms with van der Waals surface area (Å²) in [6, 6.07) is 6.86. The Morgan fingerprint density at radius 1 is 1.38 bits per heavy atom. The van der Waals surface area contributed by atoms with Crippen LogP contribution in [0.25, 0.3) is 6.08 Å². The molecule has 0 saturated heterocycles. The van der Waals surface area contributed by atoms with E-state index in [1.807, 2.05) is 0 Å². The quantitative estimate of drug-likeness (QED) is 0.495. The average Bonchev–Trinajstić information content (AvgIpc) is 2.63. The zero-order valence-corrected chi connectivity index (χ0v) is 14.0. The van der Waals surface area contributed by atoms with Crippen LogP contribution in [0.2, 0.25) is 5.02 Å². The van der Waals surface area contributed by atoms with E-state index in [1.54, 1.807) is 0 Å². The van der Waals surface area contributed by atoms with Crippen LogP contribution in [0.4, 0.5) is 15.8 Å². The van der Waals surface area contributed by atoms with Gasteiger partial charge < -0.3 is 14.8 Å². The smallest absolute Gasteiger partial charge is 0.270 e. The van der Waals surface area contributed by atoms with Gasteiger partial charge in [0.15, 0.2) is 12.6 Å². The van der Waals surface area contributed by atoms with Crippen molar-refractivity contribution in [2.24, 2.45) is 0 Å². The minimum Gasteiger partial charge on any atom is -0.467 e. The molecule has 7 nitrogen and oxygen atoms in total. The third-order valence-corrected chi connectivity index (χ3v) is 3.85. The molecule has 0 aromatic heterocycles. The number of nitro benzene ring substituents is 1. The molecular formula is C17H12ClFN2O5. The molecule has 2 aromatic rings. The Labute approximate surface area is 152 Å². The van der Waals surface area contributed by atoms with Crippen LogP contribution in [0.5, 0.6) is 5.75 Å². The Hall–Kier alpha value is -2.97. The molecule has 1 amide bonds. The minimum absolute atomic E-state index is 0.00553. The summed E-state index contributed by atoms with van der Waals surface area (Å²) in [7, 11) is 0. The van der Waals surface area contributed by atoms with E-state index in [2.05, 4.69) is 5.32 Å². The predicted octanol–water partition coefficient (Wildman–Crippen LogP) is 3.91. The van der Waals surface area contributed by atoms with Crippen LogP contribution in [0.3, 0.4) is 0 Å². The van der Waals surface area contributed by atoms with E-state index in [0.29, 0.717) is 16.9 Å². The van der Waals surface area contributed by atoms with Crippen molar-refractivity contribution in [2.45, 2.75) is 6.61 Å². The van der Waals surface area contributed by atoms with Crippen LogP contribution in [0.15, 0.2) is 36.4 Å². The number of nitrogens with zero attached hydrogens (tertiary/aromatic N) is 1. The van der Waals surface area contributed by atoms with Crippen molar-refractivity contribution >= 4 is 35.0 Å². The molecule has 0 atom stereocenters. The Morgan fingerprint density at radius 2 is 2.19 bits per heavy atom. The van der Waals surface area contributed by atoms with Crippen LogP contribution in [0.1, 0.15) is 11.1 Å². The maximum Gasteiger partial charge on any atom is 0.270 e. The predicted molar refractivity (Wildman–Crippen MR) is 92.5 cm³/mol. The van der Waals surface area contributed by atoms with Gasteiger partial charge in [-0.2, -0.15) is 0 Å². The highest BCUT2D eigenvalue weighted by Crippen LogP contribution is 2.33. The number of fused-ring (bicyclic) bond motifs is 1. The lowest BCUT2D eigenvalue weighted by Crippen LogP contribution is -2.13. The van der Waals surface area contributed by atoms with Gasteiger partial charge in [0.2, 0.25) is 5.91 Å². The highest BCUT2D eigenvalue weighted by atomic mass is 35.5. The van der Waals surface area contributed by atoms with Crippen molar-refractivity contribution in [1.82, 2.24) is 0 Å². The number of non-ortho nitro benzene ring substituents is 1.